The maximum atomic E-state index is 11.9. The highest BCUT2D eigenvalue weighted by Crippen LogP contribution is 2.27. The number of aromatic nitrogens is 3. The number of carbonyl (C=O) groups excluding carboxylic acids is 1. The molecule has 0 bridgehead atoms. The van der Waals surface area contributed by atoms with E-state index in [9.17, 15) is 4.79 Å². The Morgan fingerprint density at radius 2 is 2.35 bits per heavy atom. The fourth-order valence-electron chi connectivity index (χ4n) is 2.98. The van der Waals surface area contributed by atoms with E-state index in [1.807, 2.05) is 29.3 Å². The summed E-state index contributed by atoms with van der Waals surface area (Å²) in [6.45, 7) is 5.60. The number of fused-ring (bicyclic) bond motifs is 1. The fraction of sp³-hybridized carbons (Fsp3) is 0.533. The highest BCUT2D eigenvalue weighted by molar-refractivity contribution is 5.76. The summed E-state index contributed by atoms with van der Waals surface area (Å²) in [5.41, 5.74) is 2.16. The minimum atomic E-state index is 0.247. The molecule has 20 heavy (non-hydrogen) atoms. The van der Waals surface area contributed by atoms with Gasteiger partial charge in [-0.1, -0.05) is 6.92 Å². The van der Waals surface area contributed by atoms with Gasteiger partial charge >= 0.3 is 0 Å². The van der Waals surface area contributed by atoms with Crippen LogP contribution in [-0.2, 0) is 4.79 Å². The van der Waals surface area contributed by atoms with Crippen LogP contribution in [0.5, 0.6) is 0 Å². The van der Waals surface area contributed by atoms with Crippen LogP contribution in [0.3, 0.4) is 0 Å². The highest BCUT2D eigenvalue weighted by atomic mass is 16.2. The van der Waals surface area contributed by atoms with Crippen LogP contribution in [0, 0.1) is 6.92 Å². The standard InChI is InChI=1S/C15H20N4O/c1-3-15(20)18-6-4-5-12(9-18)14-7-13-8-16-10-19(13)11(2)17-14/h7-8,10,12H,3-6,9H2,1-2H3. The summed E-state index contributed by atoms with van der Waals surface area (Å²) in [4.78, 5) is 22.7. The summed E-state index contributed by atoms with van der Waals surface area (Å²) < 4.78 is 1.99. The lowest BCUT2D eigenvalue weighted by atomic mass is 9.94. The predicted octanol–water partition coefficient (Wildman–Crippen LogP) is 2.15. The number of piperidine rings is 1. The molecule has 0 spiro atoms. The normalized spacial score (nSPS) is 19.5. The van der Waals surface area contributed by atoms with Crippen LogP contribution in [0.1, 0.15) is 43.6 Å². The Kier molecular flexibility index (Phi) is 3.42. The molecule has 5 heteroatoms. The molecule has 1 atom stereocenters. The van der Waals surface area contributed by atoms with Crippen LogP contribution < -0.4 is 0 Å². The van der Waals surface area contributed by atoms with E-state index in [1.165, 1.54) is 0 Å². The van der Waals surface area contributed by atoms with E-state index in [2.05, 4.69) is 11.1 Å². The Morgan fingerprint density at radius 3 is 3.15 bits per heavy atom. The highest BCUT2D eigenvalue weighted by Gasteiger charge is 2.25. The van der Waals surface area contributed by atoms with E-state index in [-0.39, 0.29) is 5.91 Å². The van der Waals surface area contributed by atoms with Crippen molar-refractivity contribution in [1.29, 1.82) is 0 Å². The summed E-state index contributed by atoms with van der Waals surface area (Å²) in [5, 5.41) is 0. The Bertz CT molecular complexity index is 634. The predicted molar refractivity (Wildman–Crippen MR) is 76.6 cm³/mol. The van der Waals surface area contributed by atoms with E-state index >= 15 is 0 Å². The van der Waals surface area contributed by atoms with Gasteiger partial charge in [0.15, 0.2) is 0 Å². The van der Waals surface area contributed by atoms with Gasteiger partial charge in [0.1, 0.15) is 12.2 Å². The lowest BCUT2D eigenvalue weighted by molar-refractivity contribution is -0.132. The van der Waals surface area contributed by atoms with Crippen LogP contribution in [0.25, 0.3) is 5.52 Å². The summed E-state index contributed by atoms with van der Waals surface area (Å²) in [6, 6.07) is 2.10. The molecular weight excluding hydrogens is 252 g/mol. The third-order valence-electron chi connectivity index (χ3n) is 4.10. The first-order chi connectivity index (χ1) is 9.69. The molecule has 0 N–H and O–H groups in total. The Labute approximate surface area is 118 Å². The molecule has 2 aromatic heterocycles. The number of hydrogen-bond acceptors (Lipinski definition) is 3. The maximum absolute atomic E-state index is 11.9. The molecule has 106 valence electrons. The average Bonchev–Trinajstić information content (AvgIpc) is 2.95. The molecule has 1 saturated heterocycles. The lowest BCUT2D eigenvalue weighted by Gasteiger charge is -2.32. The molecular formula is C15H20N4O. The summed E-state index contributed by atoms with van der Waals surface area (Å²) >= 11 is 0. The summed E-state index contributed by atoms with van der Waals surface area (Å²) in [6.07, 6.45) is 6.39. The average molecular weight is 272 g/mol. The zero-order chi connectivity index (χ0) is 14.1. The second-order valence-corrected chi connectivity index (χ2v) is 5.45. The third-order valence-corrected chi connectivity index (χ3v) is 4.10. The van der Waals surface area contributed by atoms with Crippen molar-refractivity contribution in [3.05, 3.63) is 30.1 Å². The monoisotopic (exact) mass is 272 g/mol. The number of aryl methyl sites for hydroxylation is 1. The molecule has 3 heterocycles. The van der Waals surface area contributed by atoms with E-state index < -0.39 is 0 Å². The molecule has 1 unspecified atom stereocenters. The summed E-state index contributed by atoms with van der Waals surface area (Å²) in [7, 11) is 0. The van der Waals surface area contributed by atoms with Gasteiger partial charge in [-0.2, -0.15) is 0 Å². The number of imidazole rings is 1. The SMILES string of the molecule is CCC(=O)N1CCCC(c2cc3cncn3c(C)n2)C1. The molecule has 0 saturated carbocycles. The van der Waals surface area contributed by atoms with E-state index in [0.29, 0.717) is 12.3 Å². The number of amides is 1. The van der Waals surface area contributed by atoms with Gasteiger partial charge < -0.3 is 4.90 Å². The van der Waals surface area contributed by atoms with Crippen LogP contribution in [0.2, 0.25) is 0 Å². The Morgan fingerprint density at radius 1 is 1.50 bits per heavy atom. The smallest absolute Gasteiger partial charge is 0.222 e. The Hall–Kier alpha value is -1.91. The molecule has 0 aromatic carbocycles. The van der Waals surface area contributed by atoms with Crippen molar-refractivity contribution in [2.45, 2.75) is 39.0 Å². The topological polar surface area (TPSA) is 50.5 Å². The van der Waals surface area contributed by atoms with Gasteiger partial charge in [0, 0.05) is 31.1 Å². The first-order valence-electron chi connectivity index (χ1n) is 7.26. The zero-order valence-corrected chi connectivity index (χ0v) is 12.0. The van der Waals surface area contributed by atoms with Gasteiger partial charge in [-0.25, -0.2) is 9.97 Å². The van der Waals surface area contributed by atoms with E-state index in [0.717, 1.165) is 43.0 Å². The van der Waals surface area contributed by atoms with Crippen LogP contribution in [-0.4, -0.2) is 38.3 Å². The van der Waals surface area contributed by atoms with Crippen molar-refractivity contribution in [2.75, 3.05) is 13.1 Å². The fourth-order valence-corrected chi connectivity index (χ4v) is 2.98. The van der Waals surface area contributed by atoms with Crippen molar-refractivity contribution in [3.8, 4) is 0 Å². The van der Waals surface area contributed by atoms with E-state index in [4.69, 9.17) is 4.98 Å². The van der Waals surface area contributed by atoms with Gasteiger partial charge in [-0.3, -0.25) is 9.20 Å². The molecule has 0 radical (unpaired) electrons. The minimum absolute atomic E-state index is 0.247. The number of likely N-dealkylation sites (tertiary alicyclic amines) is 1. The van der Waals surface area contributed by atoms with Gasteiger partial charge in [0.05, 0.1) is 11.7 Å². The van der Waals surface area contributed by atoms with Gasteiger partial charge in [0.2, 0.25) is 5.91 Å². The van der Waals surface area contributed by atoms with Gasteiger partial charge in [0.25, 0.3) is 0 Å². The first kappa shape index (κ1) is 13.1. The first-order valence-corrected chi connectivity index (χ1v) is 7.26. The largest absolute Gasteiger partial charge is 0.342 e. The molecule has 3 rings (SSSR count). The molecule has 1 fully saturated rings. The van der Waals surface area contributed by atoms with Gasteiger partial charge in [-0.05, 0) is 25.8 Å². The quantitative estimate of drug-likeness (QED) is 0.841. The van der Waals surface area contributed by atoms with E-state index in [1.54, 1.807) is 6.33 Å². The lowest BCUT2D eigenvalue weighted by Crippen LogP contribution is -2.39. The van der Waals surface area contributed by atoms with Crippen LogP contribution in [0.15, 0.2) is 18.6 Å². The molecule has 1 aliphatic rings. The van der Waals surface area contributed by atoms with Crippen molar-refractivity contribution in [1.82, 2.24) is 19.3 Å². The van der Waals surface area contributed by atoms with Crippen molar-refractivity contribution in [3.63, 3.8) is 0 Å². The van der Waals surface area contributed by atoms with Crippen LogP contribution >= 0.6 is 0 Å². The Balaban J connectivity index is 1.88. The number of rotatable bonds is 2. The van der Waals surface area contributed by atoms with Crippen molar-refractivity contribution >= 4 is 11.4 Å². The second-order valence-electron chi connectivity index (χ2n) is 5.45. The number of hydrogen-bond donors (Lipinski definition) is 0. The molecule has 5 nitrogen and oxygen atoms in total. The molecule has 2 aromatic rings. The molecule has 1 aliphatic heterocycles. The molecule has 0 aliphatic carbocycles. The number of carbonyl (C=O) groups is 1. The minimum Gasteiger partial charge on any atom is -0.342 e. The van der Waals surface area contributed by atoms with Crippen molar-refractivity contribution in [2.24, 2.45) is 0 Å². The van der Waals surface area contributed by atoms with Crippen molar-refractivity contribution < 1.29 is 4.79 Å². The summed E-state index contributed by atoms with van der Waals surface area (Å²) in [5.74, 6) is 1.55. The zero-order valence-electron chi connectivity index (χ0n) is 12.0. The number of nitrogens with zero attached hydrogens (tertiary/aromatic N) is 4. The van der Waals surface area contributed by atoms with Gasteiger partial charge in [-0.15, -0.1) is 0 Å². The second kappa shape index (κ2) is 5.23. The maximum Gasteiger partial charge on any atom is 0.222 e. The third kappa shape index (κ3) is 2.28. The van der Waals surface area contributed by atoms with Crippen LogP contribution in [0.4, 0.5) is 0 Å². The molecule has 1 amide bonds.